The first-order valence-electron chi connectivity index (χ1n) is 5.90. The summed E-state index contributed by atoms with van der Waals surface area (Å²) >= 11 is 0. The van der Waals surface area contributed by atoms with Gasteiger partial charge in [-0.2, -0.15) is 0 Å². The van der Waals surface area contributed by atoms with Gasteiger partial charge in [-0.15, -0.1) is 0 Å². The molecule has 0 bridgehead atoms. The van der Waals surface area contributed by atoms with Crippen molar-refractivity contribution >= 4 is 5.82 Å². The number of piperazine rings is 1. The number of hydrogen-bond donors (Lipinski definition) is 1. The molecule has 1 saturated heterocycles. The zero-order chi connectivity index (χ0) is 11.4. The highest BCUT2D eigenvalue weighted by molar-refractivity contribution is 5.46. The van der Waals surface area contributed by atoms with Gasteiger partial charge in [0.1, 0.15) is 5.82 Å². The highest BCUT2D eigenvalue weighted by Crippen LogP contribution is 2.17. The average molecular weight is 220 g/mol. The van der Waals surface area contributed by atoms with Crippen LogP contribution in [0, 0.1) is 6.92 Å². The van der Waals surface area contributed by atoms with Crippen LogP contribution in [0.3, 0.4) is 0 Å². The van der Waals surface area contributed by atoms with Gasteiger partial charge in [0.05, 0.1) is 0 Å². The van der Waals surface area contributed by atoms with Gasteiger partial charge in [0.2, 0.25) is 0 Å². The van der Waals surface area contributed by atoms with Gasteiger partial charge in [-0.1, -0.05) is 6.07 Å². The number of rotatable bonds is 3. The van der Waals surface area contributed by atoms with E-state index in [4.69, 9.17) is 5.73 Å². The molecule has 0 aliphatic carbocycles. The van der Waals surface area contributed by atoms with Crippen LogP contribution >= 0.6 is 0 Å². The first-order valence-corrected chi connectivity index (χ1v) is 5.90. The Hall–Kier alpha value is -1.13. The number of pyridine rings is 1. The number of nitrogens with two attached hydrogens (primary N) is 1. The molecule has 2 heterocycles. The van der Waals surface area contributed by atoms with Crippen LogP contribution in [0.4, 0.5) is 5.82 Å². The van der Waals surface area contributed by atoms with E-state index in [1.54, 1.807) is 0 Å². The highest BCUT2D eigenvalue weighted by atomic mass is 15.3. The Labute approximate surface area is 97.1 Å². The normalized spacial score (nSPS) is 17.8. The van der Waals surface area contributed by atoms with Crippen LogP contribution in [0.15, 0.2) is 18.3 Å². The van der Waals surface area contributed by atoms with Crippen molar-refractivity contribution in [3.05, 3.63) is 23.9 Å². The van der Waals surface area contributed by atoms with E-state index in [0.717, 1.165) is 45.1 Å². The zero-order valence-electron chi connectivity index (χ0n) is 9.89. The SMILES string of the molecule is Cc1cccnc1N1CCN(CCN)CC1. The lowest BCUT2D eigenvalue weighted by Gasteiger charge is -2.35. The van der Waals surface area contributed by atoms with E-state index >= 15 is 0 Å². The summed E-state index contributed by atoms with van der Waals surface area (Å²) in [4.78, 5) is 9.23. The maximum atomic E-state index is 5.56. The molecule has 2 N–H and O–H groups in total. The Morgan fingerprint density at radius 2 is 2.06 bits per heavy atom. The zero-order valence-corrected chi connectivity index (χ0v) is 9.89. The maximum absolute atomic E-state index is 5.56. The molecule has 0 aromatic carbocycles. The Bertz CT molecular complexity index is 332. The Kier molecular flexibility index (Phi) is 3.74. The number of hydrogen-bond acceptors (Lipinski definition) is 4. The van der Waals surface area contributed by atoms with Crippen LogP contribution in [0.2, 0.25) is 0 Å². The fraction of sp³-hybridized carbons (Fsp3) is 0.583. The van der Waals surface area contributed by atoms with E-state index in [0.29, 0.717) is 0 Å². The van der Waals surface area contributed by atoms with E-state index in [9.17, 15) is 0 Å². The molecule has 1 aliphatic rings. The molecular formula is C12H20N4. The Balaban J connectivity index is 1.96. The summed E-state index contributed by atoms with van der Waals surface area (Å²) in [6, 6.07) is 4.11. The molecule has 0 amide bonds. The van der Waals surface area contributed by atoms with Gasteiger partial charge >= 0.3 is 0 Å². The smallest absolute Gasteiger partial charge is 0.131 e. The van der Waals surface area contributed by atoms with Crippen LogP contribution in [-0.2, 0) is 0 Å². The minimum absolute atomic E-state index is 0.753. The first kappa shape index (κ1) is 11.4. The third kappa shape index (κ3) is 2.51. The minimum atomic E-state index is 0.753. The number of aromatic nitrogens is 1. The predicted molar refractivity (Wildman–Crippen MR) is 66.7 cm³/mol. The van der Waals surface area contributed by atoms with Gasteiger partial charge in [0, 0.05) is 45.5 Å². The van der Waals surface area contributed by atoms with E-state index in [-0.39, 0.29) is 0 Å². The molecule has 4 nitrogen and oxygen atoms in total. The molecular weight excluding hydrogens is 200 g/mol. The highest BCUT2D eigenvalue weighted by Gasteiger charge is 2.18. The van der Waals surface area contributed by atoms with Gasteiger partial charge in [0.15, 0.2) is 0 Å². The van der Waals surface area contributed by atoms with Gasteiger partial charge < -0.3 is 10.6 Å². The minimum Gasteiger partial charge on any atom is -0.354 e. The summed E-state index contributed by atoms with van der Waals surface area (Å²) in [5.74, 6) is 1.13. The summed E-state index contributed by atoms with van der Waals surface area (Å²) in [7, 11) is 0. The van der Waals surface area contributed by atoms with Crippen molar-refractivity contribution in [1.29, 1.82) is 0 Å². The van der Waals surface area contributed by atoms with Crippen LogP contribution < -0.4 is 10.6 Å². The molecule has 88 valence electrons. The number of nitrogens with zero attached hydrogens (tertiary/aromatic N) is 3. The Morgan fingerprint density at radius 1 is 1.31 bits per heavy atom. The molecule has 16 heavy (non-hydrogen) atoms. The third-order valence-corrected chi connectivity index (χ3v) is 3.10. The van der Waals surface area contributed by atoms with Gasteiger partial charge in [-0.25, -0.2) is 4.98 Å². The third-order valence-electron chi connectivity index (χ3n) is 3.10. The fourth-order valence-electron chi connectivity index (χ4n) is 2.17. The lowest BCUT2D eigenvalue weighted by molar-refractivity contribution is 0.264. The molecule has 0 radical (unpaired) electrons. The van der Waals surface area contributed by atoms with E-state index in [2.05, 4.69) is 27.8 Å². The lowest BCUT2D eigenvalue weighted by Crippen LogP contribution is -2.48. The second-order valence-corrected chi connectivity index (χ2v) is 4.26. The second kappa shape index (κ2) is 5.27. The van der Waals surface area contributed by atoms with Crippen molar-refractivity contribution in [3.63, 3.8) is 0 Å². The topological polar surface area (TPSA) is 45.4 Å². The van der Waals surface area contributed by atoms with Crippen molar-refractivity contribution in [3.8, 4) is 0 Å². The summed E-state index contributed by atoms with van der Waals surface area (Å²) in [6.07, 6.45) is 1.87. The van der Waals surface area contributed by atoms with Crippen LogP contribution in [-0.4, -0.2) is 49.2 Å². The monoisotopic (exact) mass is 220 g/mol. The molecule has 1 aliphatic heterocycles. The maximum Gasteiger partial charge on any atom is 0.131 e. The van der Waals surface area contributed by atoms with Crippen molar-refractivity contribution in [1.82, 2.24) is 9.88 Å². The molecule has 0 saturated carbocycles. The molecule has 1 fully saturated rings. The Morgan fingerprint density at radius 3 is 2.69 bits per heavy atom. The number of anilines is 1. The molecule has 0 atom stereocenters. The quantitative estimate of drug-likeness (QED) is 0.804. The van der Waals surface area contributed by atoms with Crippen LogP contribution in [0.1, 0.15) is 5.56 Å². The first-order chi connectivity index (χ1) is 7.81. The fourth-order valence-corrected chi connectivity index (χ4v) is 2.17. The second-order valence-electron chi connectivity index (χ2n) is 4.26. The molecule has 2 rings (SSSR count). The van der Waals surface area contributed by atoms with Crippen LogP contribution in [0.25, 0.3) is 0 Å². The predicted octanol–water partition coefficient (Wildman–Crippen LogP) is 0.471. The van der Waals surface area contributed by atoms with Gasteiger partial charge in [-0.3, -0.25) is 4.90 Å². The average Bonchev–Trinajstić information content (AvgIpc) is 2.31. The molecule has 0 unspecified atom stereocenters. The van der Waals surface area contributed by atoms with Crippen molar-refractivity contribution in [2.75, 3.05) is 44.2 Å². The summed E-state index contributed by atoms with van der Waals surface area (Å²) < 4.78 is 0. The molecule has 0 spiro atoms. The van der Waals surface area contributed by atoms with Gasteiger partial charge in [-0.05, 0) is 18.6 Å². The van der Waals surface area contributed by atoms with Gasteiger partial charge in [0.25, 0.3) is 0 Å². The summed E-state index contributed by atoms with van der Waals surface area (Å²) in [5.41, 5.74) is 6.82. The van der Waals surface area contributed by atoms with Crippen molar-refractivity contribution < 1.29 is 0 Å². The number of aryl methyl sites for hydroxylation is 1. The van der Waals surface area contributed by atoms with E-state index < -0.39 is 0 Å². The molecule has 1 aromatic rings. The van der Waals surface area contributed by atoms with E-state index in [1.165, 1.54) is 5.56 Å². The largest absolute Gasteiger partial charge is 0.354 e. The van der Waals surface area contributed by atoms with Crippen LogP contribution in [0.5, 0.6) is 0 Å². The molecule has 4 heteroatoms. The van der Waals surface area contributed by atoms with Crippen molar-refractivity contribution in [2.45, 2.75) is 6.92 Å². The summed E-state index contributed by atoms with van der Waals surface area (Å²) in [5, 5.41) is 0. The molecule has 1 aromatic heterocycles. The summed E-state index contributed by atoms with van der Waals surface area (Å²) in [6.45, 7) is 8.17. The van der Waals surface area contributed by atoms with Crippen molar-refractivity contribution in [2.24, 2.45) is 5.73 Å². The van der Waals surface area contributed by atoms with E-state index in [1.807, 2.05) is 12.3 Å². The standard InChI is InChI=1S/C12H20N4/c1-11-3-2-5-14-12(11)16-9-7-15(6-4-13)8-10-16/h2-3,5H,4,6-10,13H2,1H3. The lowest BCUT2D eigenvalue weighted by atomic mass is 10.2.